The Morgan fingerprint density at radius 2 is 2.12 bits per heavy atom. The SMILES string of the molecule is CC(=O)c1sc(NC2CC2C)c(C2CC2)c1N. The van der Waals surface area contributed by atoms with Crippen LogP contribution in [0.1, 0.15) is 54.3 Å². The quantitative estimate of drug-likeness (QED) is 0.807. The van der Waals surface area contributed by atoms with Gasteiger partial charge in [0.2, 0.25) is 0 Å². The predicted octanol–water partition coefficient (Wildman–Crippen LogP) is 3.23. The van der Waals surface area contributed by atoms with Crippen LogP contribution in [0.4, 0.5) is 10.7 Å². The zero-order chi connectivity index (χ0) is 12.2. The molecule has 0 spiro atoms. The maximum absolute atomic E-state index is 11.5. The van der Waals surface area contributed by atoms with Gasteiger partial charge in [-0.2, -0.15) is 0 Å². The summed E-state index contributed by atoms with van der Waals surface area (Å²) in [6, 6.07) is 0.588. The van der Waals surface area contributed by atoms with Crippen molar-refractivity contribution in [1.82, 2.24) is 0 Å². The molecule has 92 valence electrons. The van der Waals surface area contributed by atoms with Gasteiger partial charge in [-0.3, -0.25) is 4.79 Å². The molecular formula is C13H18N2OS. The number of Topliss-reactive ketones (excluding diaryl/α,β-unsaturated/α-hetero) is 1. The van der Waals surface area contributed by atoms with Crippen molar-refractivity contribution < 1.29 is 4.79 Å². The summed E-state index contributed by atoms with van der Waals surface area (Å²) in [6.07, 6.45) is 3.66. The molecular weight excluding hydrogens is 232 g/mol. The second-order valence-electron chi connectivity index (χ2n) is 5.38. The number of nitrogen functional groups attached to an aromatic ring is 1. The van der Waals surface area contributed by atoms with Crippen LogP contribution in [-0.2, 0) is 0 Å². The van der Waals surface area contributed by atoms with Gasteiger partial charge in [-0.05, 0) is 31.1 Å². The number of carbonyl (C=O) groups excluding carboxylic acids is 1. The van der Waals surface area contributed by atoms with Crippen LogP contribution >= 0.6 is 11.3 Å². The zero-order valence-electron chi connectivity index (χ0n) is 10.2. The van der Waals surface area contributed by atoms with Crippen molar-refractivity contribution in [3.63, 3.8) is 0 Å². The van der Waals surface area contributed by atoms with E-state index in [1.165, 1.54) is 24.8 Å². The molecule has 3 rings (SSSR count). The fourth-order valence-electron chi connectivity index (χ4n) is 2.29. The predicted molar refractivity (Wildman–Crippen MR) is 71.9 cm³/mol. The number of nitrogens with one attached hydrogen (secondary N) is 1. The van der Waals surface area contributed by atoms with Crippen molar-refractivity contribution in [3.8, 4) is 0 Å². The molecule has 2 saturated carbocycles. The highest BCUT2D eigenvalue weighted by Gasteiger charge is 2.37. The first kappa shape index (κ1) is 11.1. The molecule has 0 saturated heterocycles. The Morgan fingerprint density at radius 1 is 1.47 bits per heavy atom. The van der Waals surface area contributed by atoms with Crippen LogP contribution in [0.3, 0.4) is 0 Å². The maximum atomic E-state index is 11.5. The number of thiophene rings is 1. The van der Waals surface area contributed by atoms with Gasteiger partial charge in [-0.15, -0.1) is 11.3 Å². The van der Waals surface area contributed by atoms with Crippen LogP contribution in [0.2, 0.25) is 0 Å². The standard InChI is InChI=1S/C13H18N2OS/c1-6-5-9(6)15-13-10(8-3-4-8)11(14)12(17-13)7(2)16/h6,8-9,15H,3-5,14H2,1-2H3. The lowest BCUT2D eigenvalue weighted by atomic mass is 10.1. The average molecular weight is 250 g/mol. The van der Waals surface area contributed by atoms with E-state index in [4.69, 9.17) is 5.73 Å². The molecule has 0 bridgehead atoms. The van der Waals surface area contributed by atoms with Gasteiger partial charge in [0, 0.05) is 18.5 Å². The molecule has 1 heterocycles. The van der Waals surface area contributed by atoms with Gasteiger partial charge in [0.25, 0.3) is 0 Å². The van der Waals surface area contributed by atoms with Gasteiger partial charge in [-0.1, -0.05) is 6.92 Å². The zero-order valence-corrected chi connectivity index (χ0v) is 11.1. The molecule has 1 aromatic rings. The van der Waals surface area contributed by atoms with Crippen LogP contribution in [0.5, 0.6) is 0 Å². The largest absolute Gasteiger partial charge is 0.397 e. The van der Waals surface area contributed by atoms with Crippen molar-refractivity contribution in [3.05, 3.63) is 10.4 Å². The number of ketones is 1. The van der Waals surface area contributed by atoms with Gasteiger partial charge in [0.1, 0.15) is 0 Å². The lowest BCUT2D eigenvalue weighted by Crippen LogP contribution is -2.04. The summed E-state index contributed by atoms with van der Waals surface area (Å²) >= 11 is 1.55. The molecule has 3 nitrogen and oxygen atoms in total. The number of hydrogen-bond donors (Lipinski definition) is 2. The van der Waals surface area contributed by atoms with E-state index in [9.17, 15) is 4.79 Å². The number of anilines is 2. The molecule has 0 amide bonds. The minimum absolute atomic E-state index is 0.0892. The van der Waals surface area contributed by atoms with Gasteiger partial charge >= 0.3 is 0 Å². The monoisotopic (exact) mass is 250 g/mol. The molecule has 17 heavy (non-hydrogen) atoms. The van der Waals surface area contributed by atoms with Crippen LogP contribution in [-0.4, -0.2) is 11.8 Å². The fraction of sp³-hybridized carbons (Fsp3) is 0.615. The molecule has 2 aliphatic rings. The first-order chi connectivity index (χ1) is 8.08. The van der Waals surface area contributed by atoms with Crippen LogP contribution < -0.4 is 11.1 Å². The molecule has 0 aliphatic heterocycles. The molecule has 1 aromatic heterocycles. The highest BCUT2D eigenvalue weighted by molar-refractivity contribution is 7.18. The third-order valence-electron chi connectivity index (χ3n) is 3.71. The van der Waals surface area contributed by atoms with E-state index in [2.05, 4.69) is 12.2 Å². The smallest absolute Gasteiger partial charge is 0.171 e. The van der Waals surface area contributed by atoms with Gasteiger partial charge in [-0.25, -0.2) is 0 Å². The Bertz CT molecular complexity index is 476. The van der Waals surface area contributed by atoms with Crippen molar-refractivity contribution in [2.45, 2.75) is 45.1 Å². The van der Waals surface area contributed by atoms with E-state index in [-0.39, 0.29) is 5.78 Å². The summed E-state index contributed by atoms with van der Waals surface area (Å²) in [6.45, 7) is 3.85. The van der Waals surface area contributed by atoms with E-state index in [0.717, 1.165) is 21.5 Å². The first-order valence-corrected chi connectivity index (χ1v) is 7.09. The molecule has 2 aliphatic carbocycles. The van der Waals surface area contributed by atoms with E-state index < -0.39 is 0 Å². The van der Waals surface area contributed by atoms with E-state index >= 15 is 0 Å². The van der Waals surface area contributed by atoms with Gasteiger partial charge < -0.3 is 11.1 Å². The first-order valence-electron chi connectivity index (χ1n) is 6.27. The normalized spacial score (nSPS) is 26.9. The number of carbonyl (C=O) groups is 1. The fourth-order valence-corrected chi connectivity index (χ4v) is 3.46. The molecule has 0 aromatic carbocycles. The topological polar surface area (TPSA) is 55.1 Å². The Hall–Kier alpha value is -1.03. The van der Waals surface area contributed by atoms with Crippen LogP contribution in [0.25, 0.3) is 0 Å². The molecule has 3 N–H and O–H groups in total. The summed E-state index contributed by atoms with van der Waals surface area (Å²) < 4.78 is 0. The molecule has 2 fully saturated rings. The molecule has 2 unspecified atom stereocenters. The van der Waals surface area contributed by atoms with Crippen LogP contribution in [0, 0.1) is 5.92 Å². The molecule has 2 atom stereocenters. The number of rotatable bonds is 4. The Morgan fingerprint density at radius 3 is 2.59 bits per heavy atom. The van der Waals surface area contributed by atoms with Gasteiger partial charge in [0.15, 0.2) is 5.78 Å². The number of hydrogen-bond acceptors (Lipinski definition) is 4. The maximum Gasteiger partial charge on any atom is 0.171 e. The van der Waals surface area contributed by atoms with E-state index in [1.54, 1.807) is 18.3 Å². The highest BCUT2D eigenvalue weighted by Crippen LogP contribution is 2.52. The summed E-state index contributed by atoms with van der Waals surface area (Å²) in [5.41, 5.74) is 8.08. The molecule has 0 radical (unpaired) electrons. The van der Waals surface area contributed by atoms with Crippen molar-refractivity contribution >= 4 is 27.8 Å². The van der Waals surface area contributed by atoms with E-state index in [1.807, 2.05) is 0 Å². The molecule has 4 heteroatoms. The minimum Gasteiger partial charge on any atom is -0.397 e. The third kappa shape index (κ3) is 1.95. The minimum atomic E-state index is 0.0892. The Labute approximate surface area is 105 Å². The summed E-state index contributed by atoms with van der Waals surface area (Å²) in [4.78, 5) is 12.3. The third-order valence-corrected chi connectivity index (χ3v) is 4.97. The Kier molecular flexibility index (Phi) is 2.43. The lowest BCUT2D eigenvalue weighted by molar-refractivity contribution is 0.102. The number of nitrogens with two attached hydrogens (primary N) is 1. The summed E-state index contributed by atoms with van der Waals surface area (Å²) in [5, 5.41) is 4.71. The highest BCUT2D eigenvalue weighted by atomic mass is 32.1. The Balaban J connectivity index is 1.94. The van der Waals surface area contributed by atoms with Crippen molar-refractivity contribution in [1.29, 1.82) is 0 Å². The van der Waals surface area contributed by atoms with E-state index in [0.29, 0.717) is 12.0 Å². The second-order valence-corrected chi connectivity index (χ2v) is 6.40. The van der Waals surface area contributed by atoms with Crippen molar-refractivity contribution in [2.24, 2.45) is 5.92 Å². The second kappa shape index (κ2) is 3.73. The summed E-state index contributed by atoms with van der Waals surface area (Å²) in [5.74, 6) is 1.44. The van der Waals surface area contributed by atoms with Gasteiger partial charge in [0.05, 0.1) is 15.6 Å². The summed E-state index contributed by atoms with van der Waals surface area (Å²) in [7, 11) is 0. The lowest BCUT2D eigenvalue weighted by Gasteiger charge is -2.05. The van der Waals surface area contributed by atoms with Crippen molar-refractivity contribution in [2.75, 3.05) is 11.1 Å². The van der Waals surface area contributed by atoms with Crippen LogP contribution in [0.15, 0.2) is 0 Å². The average Bonchev–Trinajstić information content (AvgIpc) is 3.14.